The summed E-state index contributed by atoms with van der Waals surface area (Å²) in [5.41, 5.74) is 1.39. The Morgan fingerprint density at radius 1 is 1.39 bits per heavy atom. The van der Waals surface area contributed by atoms with Gasteiger partial charge in [0.15, 0.2) is 5.69 Å². The molecular weight excluding hydrogens is 228 g/mol. The standard InChI is InChI=1S/C14H18N2O2/c1-4-18-14(17)13-11-7-5-6-8-12(11)16(15-13)9-10(2)3/h5-8,10H,4,9H2,1-3H3. The Hall–Kier alpha value is -1.84. The van der Waals surface area contributed by atoms with E-state index in [9.17, 15) is 4.79 Å². The number of nitrogens with zero attached hydrogens (tertiary/aromatic N) is 2. The maximum atomic E-state index is 11.9. The molecule has 0 aliphatic heterocycles. The van der Waals surface area contributed by atoms with Crippen LogP contribution in [0.3, 0.4) is 0 Å². The lowest BCUT2D eigenvalue weighted by Crippen LogP contribution is -2.09. The zero-order valence-corrected chi connectivity index (χ0v) is 11.0. The van der Waals surface area contributed by atoms with Crippen molar-refractivity contribution in [3.05, 3.63) is 30.0 Å². The van der Waals surface area contributed by atoms with Crippen molar-refractivity contribution in [1.82, 2.24) is 9.78 Å². The topological polar surface area (TPSA) is 44.1 Å². The lowest BCUT2D eigenvalue weighted by atomic mass is 10.2. The van der Waals surface area contributed by atoms with Gasteiger partial charge in [-0.2, -0.15) is 5.10 Å². The molecule has 96 valence electrons. The van der Waals surface area contributed by atoms with Crippen LogP contribution in [0.1, 0.15) is 31.3 Å². The molecule has 4 nitrogen and oxygen atoms in total. The summed E-state index contributed by atoms with van der Waals surface area (Å²) in [4.78, 5) is 11.9. The van der Waals surface area contributed by atoms with E-state index in [1.54, 1.807) is 6.92 Å². The summed E-state index contributed by atoms with van der Waals surface area (Å²) in [6.07, 6.45) is 0. The lowest BCUT2D eigenvalue weighted by molar-refractivity contribution is 0.0520. The van der Waals surface area contributed by atoms with Crippen LogP contribution < -0.4 is 0 Å². The summed E-state index contributed by atoms with van der Waals surface area (Å²) in [6.45, 7) is 7.20. The van der Waals surface area contributed by atoms with E-state index in [0.717, 1.165) is 17.4 Å². The first-order valence-corrected chi connectivity index (χ1v) is 6.26. The van der Waals surface area contributed by atoms with Gasteiger partial charge in [-0.25, -0.2) is 4.79 Å². The second-order valence-corrected chi connectivity index (χ2v) is 4.66. The van der Waals surface area contributed by atoms with Crippen molar-refractivity contribution >= 4 is 16.9 Å². The number of para-hydroxylation sites is 1. The third-order valence-electron chi connectivity index (χ3n) is 2.66. The highest BCUT2D eigenvalue weighted by Gasteiger charge is 2.17. The summed E-state index contributed by atoms with van der Waals surface area (Å²) in [5, 5.41) is 5.25. The van der Waals surface area contributed by atoms with Crippen LogP contribution in [0.4, 0.5) is 0 Å². The predicted molar refractivity (Wildman–Crippen MR) is 70.5 cm³/mol. The van der Waals surface area contributed by atoms with Crippen molar-refractivity contribution in [1.29, 1.82) is 0 Å². The second kappa shape index (κ2) is 5.21. The van der Waals surface area contributed by atoms with Gasteiger partial charge in [0.1, 0.15) is 0 Å². The number of esters is 1. The number of carbonyl (C=O) groups is 1. The number of benzene rings is 1. The van der Waals surface area contributed by atoms with Crippen LogP contribution in [0, 0.1) is 5.92 Å². The fourth-order valence-electron chi connectivity index (χ4n) is 1.96. The molecular formula is C14H18N2O2. The number of hydrogen-bond acceptors (Lipinski definition) is 3. The van der Waals surface area contributed by atoms with E-state index in [1.165, 1.54) is 0 Å². The average Bonchev–Trinajstić information content (AvgIpc) is 2.68. The van der Waals surface area contributed by atoms with Crippen molar-refractivity contribution < 1.29 is 9.53 Å². The van der Waals surface area contributed by atoms with E-state index in [2.05, 4.69) is 18.9 Å². The molecule has 1 heterocycles. The number of hydrogen-bond donors (Lipinski definition) is 0. The monoisotopic (exact) mass is 246 g/mol. The molecule has 0 bridgehead atoms. The Labute approximate surface area is 107 Å². The van der Waals surface area contributed by atoms with Crippen LogP contribution in [0.15, 0.2) is 24.3 Å². The number of rotatable bonds is 4. The van der Waals surface area contributed by atoms with Crippen LogP contribution in [-0.4, -0.2) is 22.4 Å². The molecule has 18 heavy (non-hydrogen) atoms. The molecule has 2 aromatic rings. The summed E-state index contributed by atoms with van der Waals surface area (Å²) in [7, 11) is 0. The lowest BCUT2D eigenvalue weighted by Gasteiger charge is -2.05. The SMILES string of the molecule is CCOC(=O)c1nn(CC(C)C)c2ccccc12. The Morgan fingerprint density at radius 2 is 2.11 bits per heavy atom. The molecule has 0 spiro atoms. The van der Waals surface area contributed by atoms with E-state index in [4.69, 9.17) is 4.74 Å². The molecule has 1 aromatic carbocycles. The van der Waals surface area contributed by atoms with E-state index >= 15 is 0 Å². The fourth-order valence-corrected chi connectivity index (χ4v) is 1.96. The highest BCUT2D eigenvalue weighted by atomic mass is 16.5. The van der Waals surface area contributed by atoms with E-state index in [1.807, 2.05) is 28.9 Å². The van der Waals surface area contributed by atoms with Crippen molar-refractivity contribution in [3.63, 3.8) is 0 Å². The minimum atomic E-state index is -0.351. The van der Waals surface area contributed by atoms with Gasteiger partial charge in [0.25, 0.3) is 0 Å². The molecule has 1 aromatic heterocycles. The van der Waals surface area contributed by atoms with Crippen molar-refractivity contribution in [2.75, 3.05) is 6.61 Å². The zero-order valence-electron chi connectivity index (χ0n) is 11.0. The van der Waals surface area contributed by atoms with Crippen LogP contribution in [0.2, 0.25) is 0 Å². The van der Waals surface area contributed by atoms with Crippen LogP contribution >= 0.6 is 0 Å². The van der Waals surface area contributed by atoms with E-state index < -0.39 is 0 Å². The van der Waals surface area contributed by atoms with Crippen LogP contribution in [0.5, 0.6) is 0 Å². The molecule has 0 unspecified atom stereocenters. The zero-order chi connectivity index (χ0) is 13.1. The molecule has 0 amide bonds. The molecule has 0 saturated carbocycles. The molecule has 0 atom stereocenters. The van der Waals surface area contributed by atoms with Gasteiger partial charge >= 0.3 is 5.97 Å². The van der Waals surface area contributed by atoms with Gasteiger partial charge in [0, 0.05) is 11.9 Å². The van der Waals surface area contributed by atoms with Gasteiger partial charge in [0.2, 0.25) is 0 Å². The van der Waals surface area contributed by atoms with Gasteiger partial charge < -0.3 is 4.74 Å². The van der Waals surface area contributed by atoms with Gasteiger partial charge in [-0.05, 0) is 18.9 Å². The van der Waals surface area contributed by atoms with Crippen molar-refractivity contribution in [3.8, 4) is 0 Å². The number of aromatic nitrogens is 2. The third kappa shape index (κ3) is 2.37. The first kappa shape index (κ1) is 12.6. The summed E-state index contributed by atoms with van der Waals surface area (Å²) in [6, 6.07) is 7.75. The molecule has 0 radical (unpaired) electrons. The molecule has 0 aliphatic carbocycles. The molecule has 2 rings (SSSR count). The van der Waals surface area contributed by atoms with Gasteiger partial charge in [0.05, 0.1) is 12.1 Å². The summed E-state index contributed by atoms with van der Waals surface area (Å²) >= 11 is 0. The minimum Gasteiger partial charge on any atom is -0.461 e. The smallest absolute Gasteiger partial charge is 0.359 e. The van der Waals surface area contributed by atoms with Crippen molar-refractivity contribution in [2.24, 2.45) is 5.92 Å². The number of carbonyl (C=O) groups excluding carboxylic acids is 1. The molecule has 0 N–H and O–H groups in total. The summed E-state index contributed by atoms with van der Waals surface area (Å²) in [5.74, 6) is 0.125. The molecule has 0 saturated heterocycles. The molecule has 0 fully saturated rings. The Kier molecular flexibility index (Phi) is 3.65. The van der Waals surface area contributed by atoms with Crippen molar-refractivity contribution in [2.45, 2.75) is 27.3 Å². The van der Waals surface area contributed by atoms with Gasteiger partial charge in [-0.15, -0.1) is 0 Å². The van der Waals surface area contributed by atoms with Crippen LogP contribution in [-0.2, 0) is 11.3 Å². The average molecular weight is 246 g/mol. The highest BCUT2D eigenvalue weighted by molar-refractivity contribution is 6.02. The maximum absolute atomic E-state index is 11.9. The number of ether oxygens (including phenoxy) is 1. The fraction of sp³-hybridized carbons (Fsp3) is 0.429. The second-order valence-electron chi connectivity index (χ2n) is 4.66. The first-order valence-electron chi connectivity index (χ1n) is 6.26. The third-order valence-corrected chi connectivity index (χ3v) is 2.66. The van der Waals surface area contributed by atoms with E-state index in [0.29, 0.717) is 18.2 Å². The van der Waals surface area contributed by atoms with Crippen LogP contribution in [0.25, 0.3) is 10.9 Å². The first-order chi connectivity index (χ1) is 8.63. The quantitative estimate of drug-likeness (QED) is 0.779. The maximum Gasteiger partial charge on any atom is 0.359 e. The Morgan fingerprint density at radius 3 is 2.78 bits per heavy atom. The normalized spacial score (nSPS) is 11.1. The van der Waals surface area contributed by atoms with Gasteiger partial charge in [-0.3, -0.25) is 4.68 Å². The molecule has 4 heteroatoms. The number of fused-ring (bicyclic) bond motifs is 1. The highest BCUT2D eigenvalue weighted by Crippen LogP contribution is 2.20. The molecule has 0 aliphatic rings. The Balaban J connectivity index is 2.50. The Bertz CT molecular complexity index is 558. The predicted octanol–water partition coefficient (Wildman–Crippen LogP) is 2.87. The van der Waals surface area contributed by atoms with E-state index in [-0.39, 0.29) is 5.97 Å². The van der Waals surface area contributed by atoms with Gasteiger partial charge in [-0.1, -0.05) is 32.0 Å². The largest absolute Gasteiger partial charge is 0.461 e. The summed E-state index contributed by atoms with van der Waals surface area (Å²) < 4.78 is 6.92. The minimum absolute atomic E-state index is 0.351.